The largest absolute Gasteiger partial charge is 0.395 e. The van der Waals surface area contributed by atoms with Crippen molar-refractivity contribution in [2.24, 2.45) is 0 Å². The number of nitrogens with zero attached hydrogens (tertiary/aromatic N) is 1. The third-order valence-corrected chi connectivity index (χ3v) is 3.17. The van der Waals surface area contributed by atoms with Gasteiger partial charge in [-0.1, -0.05) is 11.8 Å². The van der Waals surface area contributed by atoms with E-state index in [2.05, 4.69) is 22.1 Å². The molecule has 1 fully saturated rings. The average molecular weight is 274 g/mol. The third kappa shape index (κ3) is 3.56. The number of hydrogen-bond donors (Lipinski definition) is 2. The van der Waals surface area contributed by atoms with Crippen LogP contribution in [0.15, 0.2) is 18.3 Å². The molecule has 20 heavy (non-hydrogen) atoms. The van der Waals surface area contributed by atoms with E-state index >= 15 is 0 Å². The second-order valence-corrected chi connectivity index (χ2v) is 4.84. The van der Waals surface area contributed by atoms with Gasteiger partial charge in [0.2, 0.25) is 0 Å². The van der Waals surface area contributed by atoms with Gasteiger partial charge in [0.15, 0.2) is 0 Å². The Hall–Kier alpha value is -1.90. The molecule has 0 aromatic carbocycles. The molecule has 1 atom stereocenters. The lowest BCUT2D eigenvalue weighted by atomic mass is 10.0. The number of hydrogen-bond acceptors (Lipinski definition) is 4. The Morgan fingerprint density at radius 2 is 2.50 bits per heavy atom. The molecule has 1 aromatic heterocycles. The summed E-state index contributed by atoms with van der Waals surface area (Å²) in [6.07, 6.45) is 3.63. The van der Waals surface area contributed by atoms with E-state index in [0.29, 0.717) is 18.8 Å². The smallest absolute Gasteiger partial charge is 0.257 e. The highest BCUT2D eigenvalue weighted by Crippen LogP contribution is 2.26. The molecule has 0 radical (unpaired) electrons. The average Bonchev–Trinajstić information content (AvgIpc) is 2.88. The summed E-state index contributed by atoms with van der Waals surface area (Å²) >= 11 is 0. The first kappa shape index (κ1) is 14.5. The topological polar surface area (TPSA) is 71.5 Å². The monoisotopic (exact) mass is 274 g/mol. The first-order valence-corrected chi connectivity index (χ1v) is 6.65. The number of aromatic nitrogens is 1. The molecular formula is C15H18N2O3. The summed E-state index contributed by atoms with van der Waals surface area (Å²) in [7, 11) is 0. The van der Waals surface area contributed by atoms with Crippen molar-refractivity contribution in [2.45, 2.75) is 31.8 Å². The minimum atomic E-state index is -0.764. The minimum Gasteiger partial charge on any atom is -0.395 e. The summed E-state index contributed by atoms with van der Waals surface area (Å²) in [5.41, 5.74) is -0.0125. The van der Waals surface area contributed by atoms with Crippen LogP contribution in [0.25, 0.3) is 0 Å². The zero-order valence-electron chi connectivity index (χ0n) is 11.5. The number of amides is 1. The summed E-state index contributed by atoms with van der Waals surface area (Å²) in [6.45, 7) is 2.45. The van der Waals surface area contributed by atoms with Gasteiger partial charge in [-0.05, 0) is 31.9 Å². The molecule has 1 aromatic rings. The van der Waals surface area contributed by atoms with Gasteiger partial charge in [0.25, 0.3) is 5.91 Å². The van der Waals surface area contributed by atoms with E-state index in [1.54, 1.807) is 25.3 Å². The van der Waals surface area contributed by atoms with Gasteiger partial charge < -0.3 is 15.2 Å². The highest BCUT2D eigenvalue weighted by atomic mass is 16.5. The summed E-state index contributed by atoms with van der Waals surface area (Å²) < 4.78 is 5.49. The predicted molar refractivity (Wildman–Crippen MR) is 75.0 cm³/mol. The molecule has 1 aliphatic rings. The van der Waals surface area contributed by atoms with E-state index in [-0.39, 0.29) is 12.5 Å². The van der Waals surface area contributed by atoms with Crippen LogP contribution in [-0.4, -0.2) is 34.8 Å². The van der Waals surface area contributed by atoms with Gasteiger partial charge in [0.1, 0.15) is 11.4 Å². The first-order chi connectivity index (χ1) is 9.64. The van der Waals surface area contributed by atoms with Gasteiger partial charge in [0.05, 0.1) is 6.61 Å². The van der Waals surface area contributed by atoms with Crippen molar-refractivity contribution in [3.63, 3.8) is 0 Å². The van der Waals surface area contributed by atoms with Crippen LogP contribution in [0, 0.1) is 11.8 Å². The minimum absolute atomic E-state index is 0.0391. The molecule has 0 aliphatic carbocycles. The van der Waals surface area contributed by atoms with Crippen LogP contribution in [0.2, 0.25) is 0 Å². The van der Waals surface area contributed by atoms with Crippen LogP contribution in [0.4, 0.5) is 5.82 Å². The fraction of sp³-hybridized carbons (Fsp3) is 0.467. The molecule has 1 unspecified atom stereocenters. The molecule has 5 nitrogen and oxygen atoms in total. The Labute approximate surface area is 118 Å². The summed E-state index contributed by atoms with van der Waals surface area (Å²) in [5.74, 6) is 6.02. The molecule has 0 saturated carbocycles. The van der Waals surface area contributed by atoms with Crippen molar-refractivity contribution >= 4 is 11.7 Å². The van der Waals surface area contributed by atoms with E-state index in [9.17, 15) is 4.79 Å². The SMILES string of the molecule is CC1(C(=O)Nc2cc(C#CCCO)ccn2)CCCO1. The number of carbonyl (C=O) groups is 1. The van der Waals surface area contributed by atoms with Crippen molar-refractivity contribution in [1.82, 2.24) is 4.98 Å². The van der Waals surface area contributed by atoms with Crippen molar-refractivity contribution in [3.05, 3.63) is 23.9 Å². The fourth-order valence-electron chi connectivity index (χ4n) is 2.00. The highest BCUT2D eigenvalue weighted by molar-refractivity contribution is 5.96. The van der Waals surface area contributed by atoms with Gasteiger partial charge in [-0.15, -0.1) is 0 Å². The number of carbonyl (C=O) groups excluding carboxylic acids is 1. The number of ether oxygens (including phenoxy) is 1. The fourth-order valence-corrected chi connectivity index (χ4v) is 2.00. The molecule has 1 amide bonds. The van der Waals surface area contributed by atoms with E-state index in [0.717, 1.165) is 18.4 Å². The molecule has 5 heteroatoms. The van der Waals surface area contributed by atoms with Crippen LogP contribution >= 0.6 is 0 Å². The molecule has 2 N–H and O–H groups in total. The van der Waals surface area contributed by atoms with Crippen LogP contribution in [0.1, 0.15) is 31.7 Å². The Kier molecular flexibility index (Phi) is 4.72. The second kappa shape index (κ2) is 6.51. The molecule has 0 spiro atoms. The van der Waals surface area contributed by atoms with Crippen molar-refractivity contribution in [2.75, 3.05) is 18.5 Å². The van der Waals surface area contributed by atoms with Crippen LogP contribution in [0.3, 0.4) is 0 Å². The normalized spacial score (nSPS) is 21.1. The lowest BCUT2D eigenvalue weighted by Gasteiger charge is -2.21. The second-order valence-electron chi connectivity index (χ2n) is 4.84. The summed E-state index contributed by atoms with van der Waals surface area (Å²) in [4.78, 5) is 16.3. The predicted octanol–water partition coefficient (Wildman–Crippen LogP) is 1.32. The standard InChI is InChI=1S/C15H18N2O3/c1-15(7-4-10-20-15)14(19)17-13-11-12(6-8-16-13)5-2-3-9-18/h6,8,11,18H,3-4,7,9-10H2,1H3,(H,16,17,19). The first-order valence-electron chi connectivity index (χ1n) is 6.65. The molecule has 106 valence electrons. The van der Waals surface area contributed by atoms with Crippen LogP contribution < -0.4 is 5.32 Å². The lowest BCUT2D eigenvalue weighted by Crippen LogP contribution is -2.39. The Bertz CT molecular complexity index is 540. The number of pyridine rings is 1. The Morgan fingerprint density at radius 3 is 3.20 bits per heavy atom. The van der Waals surface area contributed by atoms with Gasteiger partial charge >= 0.3 is 0 Å². The Morgan fingerprint density at radius 1 is 1.65 bits per heavy atom. The van der Waals surface area contributed by atoms with Gasteiger partial charge in [0, 0.05) is 24.8 Å². The van der Waals surface area contributed by atoms with Crippen molar-refractivity contribution in [3.8, 4) is 11.8 Å². The Balaban J connectivity index is 2.05. The van der Waals surface area contributed by atoms with Crippen molar-refractivity contribution < 1.29 is 14.6 Å². The number of nitrogens with one attached hydrogen (secondary N) is 1. The molecule has 1 aliphatic heterocycles. The molecule has 0 bridgehead atoms. The maximum atomic E-state index is 12.2. The summed E-state index contributed by atoms with van der Waals surface area (Å²) in [6, 6.07) is 3.47. The maximum Gasteiger partial charge on any atom is 0.257 e. The number of rotatable bonds is 3. The number of aliphatic hydroxyl groups is 1. The van der Waals surface area contributed by atoms with Crippen molar-refractivity contribution in [1.29, 1.82) is 0 Å². The number of aliphatic hydroxyl groups excluding tert-OH is 1. The molecule has 1 saturated heterocycles. The van der Waals surface area contributed by atoms with E-state index in [4.69, 9.17) is 9.84 Å². The molecule has 2 heterocycles. The molecular weight excluding hydrogens is 256 g/mol. The highest BCUT2D eigenvalue weighted by Gasteiger charge is 2.37. The molecule has 2 rings (SSSR count). The third-order valence-electron chi connectivity index (χ3n) is 3.17. The van der Waals surface area contributed by atoms with Gasteiger partial charge in [-0.3, -0.25) is 4.79 Å². The van der Waals surface area contributed by atoms with Crippen LogP contribution in [-0.2, 0) is 9.53 Å². The zero-order chi connectivity index (χ0) is 14.4. The van der Waals surface area contributed by atoms with Gasteiger partial charge in [-0.25, -0.2) is 4.98 Å². The quantitative estimate of drug-likeness (QED) is 0.816. The van der Waals surface area contributed by atoms with Gasteiger partial charge in [-0.2, -0.15) is 0 Å². The van der Waals surface area contributed by atoms with Crippen LogP contribution in [0.5, 0.6) is 0 Å². The number of anilines is 1. The van der Waals surface area contributed by atoms with E-state index < -0.39 is 5.60 Å². The lowest BCUT2D eigenvalue weighted by molar-refractivity contribution is -0.133. The maximum absolute atomic E-state index is 12.2. The van der Waals surface area contributed by atoms with E-state index in [1.807, 2.05) is 0 Å². The van der Waals surface area contributed by atoms with E-state index in [1.165, 1.54) is 0 Å². The zero-order valence-corrected chi connectivity index (χ0v) is 11.5. The summed E-state index contributed by atoms with van der Waals surface area (Å²) in [5, 5.41) is 11.4.